The molecule has 2 aromatic heterocycles. The molecule has 5 N–H and O–H groups in total. The normalized spacial score (nSPS) is 14.2. The summed E-state index contributed by atoms with van der Waals surface area (Å²) in [4.78, 5) is 19.3. The van der Waals surface area contributed by atoms with E-state index in [1.54, 1.807) is 26.3 Å². The number of aromatic hydroxyl groups is 1. The molecule has 34 heavy (non-hydrogen) atoms. The van der Waals surface area contributed by atoms with Gasteiger partial charge in [-0.3, -0.25) is 9.36 Å². The number of nitrogens with two attached hydrogens (primary N) is 2. The van der Waals surface area contributed by atoms with Gasteiger partial charge in [0.25, 0.3) is 5.56 Å². The predicted molar refractivity (Wildman–Crippen MR) is 136 cm³/mol. The van der Waals surface area contributed by atoms with Gasteiger partial charge in [0.15, 0.2) is 5.75 Å². The molecule has 0 spiro atoms. The number of hydrogen-bond acceptors (Lipinski definition) is 8. The molecule has 1 fully saturated rings. The number of thiophene rings is 1. The first kappa shape index (κ1) is 22.5. The summed E-state index contributed by atoms with van der Waals surface area (Å²) in [5, 5.41) is 16.8. The molecule has 0 amide bonds. The molecule has 0 radical (unpaired) electrons. The lowest BCUT2D eigenvalue weighted by Crippen LogP contribution is -2.33. The SMILES string of the molecule is COc1ccc(-c2nc3sc4c(O)c(Cl)ccc4c3c(=O)n2C/C(N)=N/N(C)N)c(C2CC2)c1. The van der Waals surface area contributed by atoms with Crippen molar-refractivity contribution in [1.82, 2.24) is 14.7 Å². The number of methoxy groups -OCH3 is 1. The fraction of sp³-hybridized carbons (Fsp3) is 0.261. The van der Waals surface area contributed by atoms with E-state index in [-0.39, 0.29) is 28.7 Å². The number of hydrogen-bond donors (Lipinski definition) is 3. The van der Waals surface area contributed by atoms with E-state index >= 15 is 0 Å². The van der Waals surface area contributed by atoms with Crippen LogP contribution in [0.1, 0.15) is 24.3 Å². The quantitative estimate of drug-likeness (QED) is 0.160. The van der Waals surface area contributed by atoms with Crippen molar-refractivity contribution >= 4 is 49.1 Å². The number of amidine groups is 1. The third-order valence-corrected chi connectivity index (χ3v) is 7.22. The van der Waals surface area contributed by atoms with Gasteiger partial charge < -0.3 is 15.6 Å². The Bertz CT molecular complexity index is 1520. The summed E-state index contributed by atoms with van der Waals surface area (Å²) < 4.78 is 7.46. The van der Waals surface area contributed by atoms with E-state index in [1.807, 2.05) is 18.2 Å². The molecule has 2 heterocycles. The van der Waals surface area contributed by atoms with Crippen molar-refractivity contribution in [2.24, 2.45) is 16.7 Å². The average Bonchev–Trinajstić information content (AvgIpc) is 3.58. The van der Waals surface area contributed by atoms with Crippen molar-refractivity contribution in [3.05, 3.63) is 51.3 Å². The van der Waals surface area contributed by atoms with E-state index in [9.17, 15) is 9.90 Å². The van der Waals surface area contributed by atoms with Crippen LogP contribution in [0.15, 0.2) is 40.2 Å². The number of ether oxygens (including phenoxy) is 1. The van der Waals surface area contributed by atoms with Gasteiger partial charge in [-0.05, 0) is 48.6 Å². The number of aromatic nitrogens is 2. The first-order chi connectivity index (χ1) is 16.3. The van der Waals surface area contributed by atoms with Crippen LogP contribution >= 0.6 is 22.9 Å². The molecule has 0 atom stereocenters. The fourth-order valence-corrected chi connectivity index (χ4v) is 5.46. The standard InChI is InChI=1S/C23H23ClN6O3S/c1-29(26)28-17(25)10-30-21(13-6-5-12(33-2)9-15(13)11-3-4-11)27-22-18(23(30)32)14-7-8-16(24)19(31)20(14)34-22/h5-9,11,31H,3-4,10,26H2,1-2H3,(H2,25,28). The second-order valence-electron chi connectivity index (χ2n) is 8.27. The summed E-state index contributed by atoms with van der Waals surface area (Å²) in [6, 6.07) is 9.05. The van der Waals surface area contributed by atoms with Crippen molar-refractivity contribution in [3.8, 4) is 22.9 Å². The Morgan fingerprint density at radius 2 is 2.15 bits per heavy atom. The molecule has 4 aromatic rings. The van der Waals surface area contributed by atoms with Gasteiger partial charge in [0, 0.05) is 18.0 Å². The predicted octanol–water partition coefficient (Wildman–Crippen LogP) is 3.60. The molecule has 1 aliphatic rings. The van der Waals surface area contributed by atoms with Crippen molar-refractivity contribution in [3.63, 3.8) is 0 Å². The lowest BCUT2D eigenvalue weighted by atomic mass is 10.0. The van der Waals surface area contributed by atoms with E-state index in [4.69, 9.17) is 32.9 Å². The van der Waals surface area contributed by atoms with Gasteiger partial charge in [0.05, 0.1) is 28.8 Å². The Kier molecular flexibility index (Phi) is 5.59. The minimum Gasteiger partial charge on any atom is -0.505 e. The van der Waals surface area contributed by atoms with Gasteiger partial charge >= 0.3 is 0 Å². The summed E-state index contributed by atoms with van der Waals surface area (Å²) in [5.74, 6) is 7.30. The Balaban J connectivity index is 1.83. The topological polar surface area (TPSA) is 132 Å². The van der Waals surface area contributed by atoms with E-state index in [0.29, 0.717) is 32.0 Å². The van der Waals surface area contributed by atoms with Crippen LogP contribution in [-0.4, -0.2) is 39.8 Å². The molecule has 0 unspecified atom stereocenters. The number of hydrazone groups is 1. The Hall–Kier alpha value is -3.34. The first-order valence-electron chi connectivity index (χ1n) is 10.6. The summed E-state index contributed by atoms with van der Waals surface area (Å²) in [5.41, 5.74) is 7.73. The maximum atomic E-state index is 13.9. The molecule has 11 heteroatoms. The number of phenolic OH excluding ortho intramolecular Hbond substituents is 1. The van der Waals surface area contributed by atoms with Gasteiger partial charge in [-0.1, -0.05) is 17.7 Å². The smallest absolute Gasteiger partial charge is 0.263 e. The zero-order valence-electron chi connectivity index (χ0n) is 18.6. The van der Waals surface area contributed by atoms with Gasteiger partial charge in [-0.2, -0.15) is 0 Å². The molecule has 176 valence electrons. The van der Waals surface area contributed by atoms with Crippen LogP contribution < -0.4 is 21.9 Å². The third kappa shape index (κ3) is 3.83. The van der Waals surface area contributed by atoms with E-state index in [0.717, 1.165) is 34.8 Å². The average molecular weight is 499 g/mol. The van der Waals surface area contributed by atoms with E-state index in [1.165, 1.54) is 15.9 Å². The minimum atomic E-state index is -0.289. The number of halogens is 1. The van der Waals surface area contributed by atoms with Crippen molar-refractivity contribution in [2.75, 3.05) is 14.2 Å². The molecule has 9 nitrogen and oxygen atoms in total. The summed E-state index contributed by atoms with van der Waals surface area (Å²) in [7, 11) is 3.17. The van der Waals surface area contributed by atoms with Crippen LogP contribution in [0, 0.1) is 0 Å². The van der Waals surface area contributed by atoms with Crippen LogP contribution in [-0.2, 0) is 6.54 Å². The fourth-order valence-electron chi connectivity index (χ4n) is 4.14. The molecule has 0 aliphatic heterocycles. The molecule has 0 bridgehead atoms. The largest absolute Gasteiger partial charge is 0.505 e. The summed E-state index contributed by atoms with van der Waals surface area (Å²) in [6.07, 6.45) is 2.12. The van der Waals surface area contributed by atoms with Gasteiger partial charge in [-0.25, -0.2) is 15.9 Å². The zero-order chi connectivity index (χ0) is 24.1. The van der Waals surface area contributed by atoms with Crippen LogP contribution in [0.25, 0.3) is 31.7 Å². The number of fused-ring (bicyclic) bond motifs is 3. The van der Waals surface area contributed by atoms with Crippen LogP contribution in [0.3, 0.4) is 0 Å². The highest BCUT2D eigenvalue weighted by Gasteiger charge is 2.29. The zero-order valence-corrected chi connectivity index (χ0v) is 20.2. The van der Waals surface area contributed by atoms with Crippen molar-refractivity contribution in [1.29, 1.82) is 0 Å². The maximum absolute atomic E-state index is 13.9. The van der Waals surface area contributed by atoms with E-state index in [2.05, 4.69) is 5.10 Å². The molecule has 0 saturated heterocycles. The van der Waals surface area contributed by atoms with Gasteiger partial charge in [0.2, 0.25) is 0 Å². The Labute approximate surface area is 203 Å². The highest BCUT2D eigenvalue weighted by Crippen LogP contribution is 2.46. The molecular formula is C23H23ClN6O3S. The number of rotatable bonds is 6. The molecule has 1 saturated carbocycles. The lowest BCUT2D eigenvalue weighted by molar-refractivity contribution is 0.369. The first-order valence-corrected chi connectivity index (χ1v) is 11.8. The van der Waals surface area contributed by atoms with Gasteiger partial charge in [0.1, 0.15) is 22.2 Å². The summed E-state index contributed by atoms with van der Waals surface area (Å²) in [6.45, 7) is -0.00824. The highest BCUT2D eigenvalue weighted by atomic mass is 35.5. The molecule has 2 aromatic carbocycles. The minimum absolute atomic E-state index is 0.00824. The highest BCUT2D eigenvalue weighted by molar-refractivity contribution is 7.25. The summed E-state index contributed by atoms with van der Waals surface area (Å²) >= 11 is 7.34. The second kappa shape index (κ2) is 8.46. The molecule has 1 aliphatic carbocycles. The van der Waals surface area contributed by atoms with Crippen LogP contribution in [0.5, 0.6) is 11.5 Å². The number of nitrogens with zero attached hydrogens (tertiary/aromatic N) is 4. The van der Waals surface area contributed by atoms with Gasteiger partial charge in [-0.15, -0.1) is 16.4 Å². The molecule has 5 rings (SSSR count). The Morgan fingerprint density at radius 3 is 2.82 bits per heavy atom. The molecular weight excluding hydrogens is 476 g/mol. The van der Waals surface area contributed by atoms with Crippen molar-refractivity contribution in [2.45, 2.75) is 25.3 Å². The third-order valence-electron chi connectivity index (χ3n) is 5.81. The number of hydrazine groups is 1. The number of benzene rings is 2. The number of phenols is 1. The van der Waals surface area contributed by atoms with E-state index < -0.39 is 0 Å². The van der Waals surface area contributed by atoms with Crippen LogP contribution in [0.4, 0.5) is 0 Å². The van der Waals surface area contributed by atoms with Crippen LogP contribution in [0.2, 0.25) is 5.02 Å². The maximum Gasteiger partial charge on any atom is 0.263 e. The Morgan fingerprint density at radius 1 is 1.38 bits per heavy atom. The second-order valence-corrected chi connectivity index (χ2v) is 9.68. The lowest BCUT2D eigenvalue weighted by Gasteiger charge is -2.16. The monoisotopic (exact) mass is 498 g/mol. The van der Waals surface area contributed by atoms with Crippen molar-refractivity contribution < 1.29 is 9.84 Å².